The summed E-state index contributed by atoms with van der Waals surface area (Å²) in [6, 6.07) is 10.7. The van der Waals surface area contributed by atoms with Gasteiger partial charge in [-0.2, -0.15) is 10.5 Å². The van der Waals surface area contributed by atoms with Crippen LogP contribution in [0.3, 0.4) is 0 Å². The first-order valence-corrected chi connectivity index (χ1v) is 8.17. The molecule has 134 valence electrons. The molecule has 0 saturated heterocycles. The van der Waals surface area contributed by atoms with Crippen molar-refractivity contribution >= 4 is 18.0 Å². The van der Waals surface area contributed by atoms with Crippen LogP contribution >= 0.6 is 0 Å². The highest BCUT2D eigenvalue weighted by molar-refractivity contribution is 5.98. The molecule has 0 spiro atoms. The van der Waals surface area contributed by atoms with Crippen LogP contribution in [0.2, 0.25) is 0 Å². The third-order valence-electron chi connectivity index (χ3n) is 4.13. The van der Waals surface area contributed by atoms with Gasteiger partial charge in [-0.3, -0.25) is 4.79 Å². The van der Waals surface area contributed by atoms with Gasteiger partial charge >= 0.3 is 5.97 Å². The number of methoxy groups -OCH3 is 1. The van der Waals surface area contributed by atoms with Crippen LogP contribution in [0.1, 0.15) is 31.2 Å². The second-order valence-electron chi connectivity index (χ2n) is 5.97. The molecule has 0 aromatic heterocycles. The van der Waals surface area contributed by atoms with Crippen LogP contribution in [0.25, 0.3) is 6.08 Å². The van der Waals surface area contributed by atoms with E-state index in [2.05, 4.69) is 11.4 Å². The summed E-state index contributed by atoms with van der Waals surface area (Å²) < 4.78 is 9.99. The number of ether oxygens (including phenoxy) is 2. The van der Waals surface area contributed by atoms with Crippen molar-refractivity contribution in [3.63, 3.8) is 0 Å². The normalized spacial score (nSPS) is 15.4. The molecule has 0 atom stereocenters. The lowest BCUT2D eigenvalue weighted by Gasteiger charge is -2.21. The first kappa shape index (κ1) is 19.0. The van der Waals surface area contributed by atoms with Crippen molar-refractivity contribution in [2.24, 2.45) is 0 Å². The topological polar surface area (TPSA) is 112 Å². The molecule has 7 nitrogen and oxygen atoms in total. The maximum Gasteiger partial charge on any atom is 0.349 e. The molecule has 1 aromatic carbocycles. The van der Waals surface area contributed by atoms with E-state index in [4.69, 9.17) is 14.7 Å². The number of nitrogens with one attached hydrogen (secondary N) is 1. The lowest BCUT2D eigenvalue weighted by molar-refractivity contribution is -0.144. The van der Waals surface area contributed by atoms with E-state index in [9.17, 15) is 14.9 Å². The Morgan fingerprint density at radius 1 is 1.31 bits per heavy atom. The number of carbonyl (C=O) groups excluding carboxylic acids is 2. The number of nitriles is 2. The van der Waals surface area contributed by atoms with Crippen LogP contribution in [0, 0.1) is 22.7 Å². The Morgan fingerprint density at radius 3 is 2.65 bits per heavy atom. The minimum Gasteiger partial charge on any atom is -0.497 e. The van der Waals surface area contributed by atoms with Gasteiger partial charge in [-0.1, -0.05) is 12.1 Å². The van der Waals surface area contributed by atoms with Crippen molar-refractivity contribution in [1.29, 1.82) is 10.5 Å². The predicted octanol–water partition coefficient (Wildman–Crippen LogP) is 2.10. The molecule has 1 fully saturated rings. The van der Waals surface area contributed by atoms with Gasteiger partial charge in [0.25, 0.3) is 5.91 Å². The molecule has 0 heterocycles. The SMILES string of the molecule is COc1cccc(/C=C(\C#N)C(=O)OCC(=O)NC2(C#N)CCCC2)c1. The van der Waals surface area contributed by atoms with Crippen molar-refractivity contribution in [1.82, 2.24) is 5.32 Å². The highest BCUT2D eigenvalue weighted by Crippen LogP contribution is 2.28. The molecule has 2 rings (SSSR count). The number of hydrogen-bond donors (Lipinski definition) is 1. The largest absolute Gasteiger partial charge is 0.497 e. The zero-order valence-electron chi connectivity index (χ0n) is 14.4. The number of nitrogens with zero attached hydrogens (tertiary/aromatic N) is 2. The van der Waals surface area contributed by atoms with Gasteiger partial charge in [0.1, 0.15) is 22.9 Å². The number of carbonyl (C=O) groups is 2. The molecule has 1 aromatic rings. The fraction of sp³-hybridized carbons (Fsp3) is 0.368. The Hall–Kier alpha value is -3.32. The lowest BCUT2D eigenvalue weighted by atomic mass is 10.00. The summed E-state index contributed by atoms with van der Waals surface area (Å²) in [7, 11) is 1.51. The van der Waals surface area contributed by atoms with Crippen molar-refractivity contribution in [3.05, 3.63) is 35.4 Å². The van der Waals surface area contributed by atoms with E-state index in [-0.39, 0.29) is 5.57 Å². The fourth-order valence-electron chi connectivity index (χ4n) is 2.79. The Bertz CT molecular complexity index is 796. The van der Waals surface area contributed by atoms with Crippen LogP contribution in [-0.4, -0.2) is 31.1 Å². The molecule has 1 saturated carbocycles. The molecule has 26 heavy (non-hydrogen) atoms. The van der Waals surface area contributed by atoms with Gasteiger partial charge in [0.2, 0.25) is 0 Å². The monoisotopic (exact) mass is 353 g/mol. The molecule has 1 amide bonds. The minimum atomic E-state index is -0.900. The quantitative estimate of drug-likeness (QED) is 0.476. The summed E-state index contributed by atoms with van der Waals surface area (Å²) in [5, 5.41) is 21.0. The van der Waals surface area contributed by atoms with Crippen LogP contribution in [-0.2, 0) is 14.3 Å². The van der Waals surface area contributed by atoms with E-state index in [0.717, 1.165) is 12.8 Å². The lowest BCUT2D eigenvalue weighted by Crippen LogP contribution is -2.46. The van der Waals surface area contributed by atoms with Gasteiger partial charge in [0.05, 0.1) is 13.2 Å². The number of amides is 1. The number of esters is 1. The summed E-state index contributed by atoms with van der Waals surface area (Å²) in [4.78, 5) is 24.0. The molecule has 0 bridgehead atoms. The summed E-state index contributed by atoms with van der Waals surface area (Å²) in [5.41, 5.74) is -0.517. The summed E-state index contributed by atoms with van der Waals surface area (Å²) in [6.07, 6.45) is 4.27. The van der Waals surface area contributed by atoms with Gasteiger partial charge < -0.3 is 14.8 Å². The van der Waals surface area contributed by atoms with Crippen LogP contribution < -0.4 is 10.1 Å². The Balaban J connectivity index is 1.96. The molecule has 0 radical (unpaired) electrons. The molecule has 1 N–H and O–H groups in total. The van der Waals surface area contributed by atoms with E-state index in [0.29, 0.717) is 24.2 Å². The molecule has 0 aliphatic heterocycles. The highest BCUT2D eigenvalue weighted by atomic mass is 16.5. The second kappa shape index (κ2) is 8.68. The van der Waals surface area contributed by atoms with Gasteiger partial charge in [-0.25, -0.2) is 4.79 Å². The minimum absolute atomic E-state index is 0.234. The zero-order valence-corrected chi connectivity index (χ0v) is 14.4. The van der Waals surface area contributed by atoms with Gasteiger partial charge in [0.15, 0.2) is 6.61 Å². The molecule has 0 unspecified atom stereocenters. The van der Waals surface area contributed by atoms with Crippen molar-refractivity contribution in [2.45, 2.75) is 31.2 Å². The number of hydrogen-bond acceptors (Lipinski definition) is 6. The Kier molecular flexibility index (Phi) is 6.35. The third-order valence-corrected chi connectivity index (χ3v) is 4.13. The first-order chi connectivity index (χ1) is 12.5. The maximum atomic E-state index is 12.0. The van der Waals surface area contributed by atoms with Crippen molar-refractivity contribution in [3.8, 4) is 17.9 Å². The Labute approximate surface area is 151 Å². The smallest absolute Gasteiger partial charge is 0.349 e. The molecule has 7 heteroatoms. The standard InChI is InChI=1S/C19H19N3O4/c1-25-16-6-4-5-14(10-16)9-15(11-20)18(24)26-12-17(23)22-19(13-21)7-2-3-8-19/h4-6,9-10H,2-3,7-8,12H2,1H3,(H,22,23)/b15-9+. The highest BCUT2D eigenvalue weighted by Gasteiger charge is 2.35. The fourth-order valence-corrected chi connectivity index (χ4v) is 2.79. The van der Waals surface area contributed by atoms with Crippen LogP contribution in [0.5, 0.6) is 5.75 Å². The molecular weight excluding hydrogens is 334 g/mol. The van der Waals surface area contributed by atoms with E-state index < -0.39 is 24.0 Å². The van der Waals surface area contributed by atoms with Crippen molar-refractivity contribution in [2.75, 3.05) is 13.7 Å². The van der Waals surface area contributed by atoms with E-state index in [1.54, 1.807) is 30.3 Å². The summed E-state index contributed by atoms with van der Waals surface area (Å²) in [6.45, 7) is -0.542. The third kappa shape index (κ3) is 4.84. The maximum absolute atomic E-state index is 12.0. The Morgan fingerprint density at radius 2 is 2.04 bits per heavy atom. The van der Waals surface area contributed by atoms with Gasteiger partial charge in [0, 0.05) is 0 Å². The van der Waals surface area contributed by atoms with Gasteiger partial charge in [-0.15, -0.1) is 0 Å². The molecule has 1 aliphatic carbocycles. The predicted molar refractivity (Wildman–Crippen MR) is 92.5 cm³/mol. The summed E-state index contributed by atoms with van der Waals surface area (Å²) in [5.74, 6) is -0.870. The second-order valence-corrected chi connectivity index (χ2v) is 5.97. The van der Waals surface area contributed by atoms with E-state index in [1.807, 2.05) is 0 Å². The number of benzene rings is 1. The molecule has 1 aliphatic rings. The van der Waals surface area contributed by atoms with Crippen LogP contribution in [0.15, 0.2) is 29.8 Å². The summed E-state index contributed by atoms with van der Waals surface area (Å²) >= 11 is 0. The van der Waals surface area contributed by atoms with E-state index >= 15 is 0 Å². The van der Waals surface area contributed by atoms with Gasteiger partial charge in [-0.05, 0) is 49.5 Å². The number of rotatable bonds is 6. The van der Waals surface area contributed by atoms with Crippen LogP contribution in [0.4, 0.5) is 0 Å². The molecular formula is C19H19N3O4. The average Bonchev–Trinajstić information content (AvgIpc) is 3.13. The average molecular weight is 353 g/mol. The van der Waals surface area contributed by atoms with E-state index in [1.165, 1.54) is 13.2 Å². The van der Waals surface area contributed by atoms with Crippen molar-refractivity contribution < 1.29 is 19.1 Å². The first-order valence-electron chi connectivity index (χ1n) is 8.17. The zero-order chi connectivity index (χ0) is 19.0.